The first-order valence-corrected chi connectivity index (χ1v) is 3.80. The van der Waals surface area contributed by atoms with E-state index in [-0.39, 0.29) is 0 Å². The van der Waals surface area contributed by atoms with Crippen LogP contribution < -0.4 is 5.36 Å². The lowest BCUT2D eigenvalue weighted by molar-refractivity contribution is 0.197. The fourth-order valence-electron chi connectivity index (χ4n) is 1.29. The van der Waals surface area contributed by atoms with Gasteiger partial charge in [0.1, 0.15) is 5.36 Å². The summed E-state index contributed by atoms with van der Waals surface area (Å²) < 4.78 is 0.990. The molecule has 0 atom stereocenters. The minimum Gasteiger partial charge on any atom is -0.428 e. The maximum atomic E-state index is 9.38. The zero-order chi connectivity index (χ0) is 9.26. The summed E-state index contributed by atoms with van der Waals surface area (Å²) in [6.07, 6.45) is 1.43. The Morgan fingerprint density at radius 1 is 1.15 bits per heavy atom. The highest BCUT2D eigenvalue weighted by Gasteiger charge is 1.97. The lowest BCUT2D eigenvalue weighted by atomic mass is 10.2. The van der Waals surface area contributed by atoms with Crippen molar-refractivity contribution in [3.63, 3.8) is 0 Å². The Morgan fingerprint density at radius 3 is 2.69 bits per heavy atom. The highest BCUT2D eigenvalue weighted by atomic mass is 16.5. The topological polar surface area (TPSA) is 57.8 Å². The summed E-state index contributed by atoms with van der Waals surface area (Å²) in [6, 6.07) is 8.66. The number of fused-ring (bicyclic) bond motifs is 1. The standard InChI is InChI=1S/C9H8N2O2/c12-10-8-5-6-11(13)9-4-2-1-3-7(8)9/h1-6,12-13H. The summed E-state index contributed by atoms with van der Waals surface area (Å²) >= 11 is 0. The van der Waals surface area contributed by atoms with Crippen molar-refractivity contribution in [1.82, 2.24) is 4.73 Å². The Kier molecular flexibility index (Phi) is 1.66. The van der Waals surface area contributed by atoms with Gasteiger partial charge in [0.2, 0.25) is 0 Å². The number of pyridine rings is 1. The monoisotopic (exact) mass is 176 g/mol. The van der Waals surface area contributed by atoms with Gasteiger partial charge in [0, 0.05) is 11.6 Å². The van der Waals surface area contributed by atoms with Gasteiger partial charge in [0.05, 0.1) is 5.52 Å². The molecule has 0 saturated carbocycles. The molecule has 13 heavy (non-hydrogen) atoms. The molecule has 0 fully saturated rings. The molecule has 0 aliphatic carbocycles. The van der Waals surface area contributed by atoms with Crippen LogP contribution in [0.5, 0.6) is 0 Å². The van der Waals surface area contributed by atoms with Crippen molar-refractivity contribution in [1.29, 1.82) is 0 Å². The minimum absolute atomic E-state index is 0.445. The van der Waals surface area contributed by atoms with Gasteiger partial charge in [-0.2, -0.15) is 4.73 Å². The first-order chi connectivity index (χ1) is 6.33. The van der Waals surface area contributed by atoms with Crippen LogP contribution in [0.25, 0.3) is 10.9 Å². The van der Waals surface area contributed by atoms with Crippen LogP contribution >= 0.6 is 0 Å². The van der Waals surface area contributed by atoms with Gasteiger partial charge in [0.25, 0.3) is 0 Å². The molecule has 0 aliphatic rings. The summed E-state index contributed by atoms with van der Waals surface area (Å²) in [5.41, 5.74) is 0.609. The molecule has 1 heterocycles. The first kappa shape index (κ1) is 7.67. The third-order valence-electron chi connectivity index (χ3n) is 1.91. The van der Waals surface area contributed by atoms with Gasteiger partial charge < -0.3 is 10.4 Å². The zero-order valence-electron chi connectivity index (χ0n) is 6.75. The van der Waals surface area contributed by atoms with Crippen LogP contribution in [-0.2, 0) is 0 Å². The lowest BCUT2D eigenvalue weighted by Gasteiger charge is -2.02. The zero-order valence-corrected chi connectivity index (χ0v) is 6.75. The van der Waals surface area contributed by atoms with Crippen molar-refractivity contribution in [2.45, 2.75) is 0 Å². The predicted octanol–water partition coefficient (Wildman–Crippen LogP) is 1.17. The maximum absolute atomic E-state index is 9.38. The van der Waals surface area contributed by atoms with Crippen molar-refractivity contribution in [3.8, 4) is 0 Å². The van der Waals surface area contributed by atoms with Crippen molar-refractivity contribution in [3.05, 3.63) is 41.9 Å². The highest BCUT2D eigenvalue weighted by Crippen LogP contribution is 2.06. The fourth-order valence-corrected chi connectivity index (χ4v) is 1.29. The van der Waals surface area contributed by atoms with E-state index in [1.54, 1.807) is 18.2 Å². The molecule has 0 amide bonds. The summed E-state index contributed by atoms with van der Waals surface area (Å²) in [6.45, 7) is 0. The van der Waals surface area contributed by atoms with Crippen molar-refractivity contribution < 1.29 is 10.4 Å². The van der Waals surface area contributed by atoms with Gasteiger partial charge >= 0.3 is 0 Å². The summed E-state index contributed by atoms with van der Waals surface area (Å²) in [5.74, 6) is 0. The van der Waals surface area contributed by atoms with Gasteiger partial charge in [-0.1, -0.05) is 23.4 Å². The Balaban J connectivity index is 3.02. The largest absolute Gasteiger partial charge is 0.428 e. The third kappa shape index (κ3) is 1.12. The first-order valence-electron chi connectivity index (χ1n) is 3.80. The van der Waals surface area contributed by atoms with Crippen LogP contribution in [-0.4, -0.2) is 15.1 Å². The molecule has 0 bridgehead atoms. The van der Waals surface area contributed by atoms with E-state index in [0.29, 0.717) is 16.3 Å². The summed E-state index contributed by atoms with van der Waals surface area (Å²) in [4.78, 5) is 0. The Morgan fingerprint density at radius 2 is 1.92 bits per heavy atom. The molecule has 0 saturated heterocycles. The molecule has 0 aliphatic heterocycles. The molecule has 2 rings (SSSR count). The Bertz CT molecular complexity index is 502. The molecule has 0 unspecified atom stereocenters. The van der Waals surface area contributed by atoms with Crippen LogP contribution in [0.4, 0.5) is 0 Å². The van der Waals surface area contributed by atoms with E-state index in [2.05, 4.69) is 5.16 Å². The number of hydrogen-bond acceptors (Lipinski definition) is 3. The minimum atomic E-state index is 0.445. The number of para-hydroxylation sites is 1. The highest BCUT2D eigenvalue weighted by molar-refractivity contribution is 5.77. The number of benzene rings is 1. The van der Waals surface area contributed by atoms with Crippen LogP contribution in [0.2, 0.25) is 0 Å². The average Bonchev–Trinajstić information content (AvgIpc) is 2.19. The second kappa shape index (κ2) is 2.82. The van der Waals surface area contributed by atoms with Crippen LogP contribution in [0.3, 0.4) is 0 Å². The molecule has 2 aromatic rings. The van der Waals surface area contributed by atoms with Gasteiger partial charge in [-0.25, -0.2) is 0 Å². The second-order valence-electron chi connectivity index (χ2n) is 2.66. The predicted molar refractivity (Wildman–Crippen MR) is 46.5 cm³/mol. The van der Waals surface area contributed by atoms with Gasteiger partial charge in [-0.05, 0) is 12.1 Å². The van der Waals surface area contributed by atoms with Crippen molar-refractivity contribution >= 4 is 10.9 Å². The van der Waals surface area contributed by atoms with E-state index in [1.165, 1.54) is 12.3 Å². The van der Waals surface area contributed by atoms with Crippen molar-refractivity contribution in [2.24, 2.45) is 5.16 Å². The number of hydrogen-bond donors (Lipinski definition) is 2. The van der Waals surface area contributed by atoms with Crippen LogP contribution in [0.15, 0.2) is 41.7 Å². The molecule has 66 valence electrons. The molecule has 2 N–H and O–H groups in total. The quantitative estimate of drug-likeness (QED) is 0.359. The molecular formula is C9H8N2O2. The van der Waals surface area contributed by atoms with Gasteiger partial charge in [-0.3, -0.25) is 0 Å². The fraction of sp³-hybridized carbons (Fsp3) is 0. The third-order valence-corrected chi connectivity index (χ3v) is 1.91. The number of nitrogens with zero attached hydrogens (tertiary/aromatic N) is 2. The van der Waals surface area contributed by atoms with Crippen LogP contribution in [0.1, 0.15) is 0 Å². The molecule has 0 radical (unpaired) electrons. The van der Waals surface area contributed by atoms with Gasteiger partial charge in [-0.15, -0.1) is 0 Å². The molecule has 1 aromatic carbocycles. The smallest absolute Gasteiger partial charge is 0.113 e. The van der Waals surface area contributed by atoms with Gasteiger partial charge in [0.15, 0.2) is 0 Å². The van der Waals surface area contributed by atoms with E-state index < -0.39 is 0 Å². The lowest BCUT2D eigenvalue weighted by Crippen LogP contribution is -2.07. The number of rotatable bonds is 0. The Labute approximate surface area is 73.9 Å². The average molecular weight is 176 g/mol. The Hall–Kier alpha value is -1.97. The SMILES string of the molecule is ON=c1ccn(O)c2ccccc12. The summed E-state index contributed by atoms with van der Waals surface area (Å²) in [7, 11) is 0. The molecule has 4 heteroatoms. The molecule has 0 spiro atoms. The van der Waals surface area contributed by atoms with Crippen LogP contribution in [0, 0.1) is 0 Å². The van der Waals surface area contributed by atoms with Crippen molar-refractivity contribution in [2.75, 3.05) is 0 Å². The molecule has 4 nitrogen and oxygen atoms in total. The second-order valence-corrected chi connectivity index (χ2v) is 2.66. The maximum Gasteiger partial charge on any atom is 0.113 e. The van der Waals surface area contributed by atoms with E-state index in [9.17, 15) is 5.21 Å². The van der Waals surface area contributed by atoms with E-state index in [4.69, 9.17) is 5.21 Å². The van der Waals surface area contributed by atoms with E-state index in [0.717, 1.165) is 4.73 Å². The number of aromatic nitrogens is 1. The summed E-state index contributed by atoms with van der Waals surface area (Å²) in [5, 5.41) is 22.3. The van der Waals surface area contributed by atoms with E-state index in [1.807, 2.05) is 6.07 Å². The normalized spacial score (nSPS) is 12.2. The molecule has 1 aromatic heterocycles. The molecular weight excluding hydrogens is 168 g/mol. The van der Waals surface area contributed by atoms with E-state index >= 15 is 0 Å².